The monoisotopic (exact) mass is 273 g/mol. The lowest BCUT2D eigenvalue weighted by Crippen LogP contribution is -1.92. The molecule has 0 radical (unpaired) electrons. The van der Waals surface area contributed by atoms with Crippen molar-refractivity contribution in [2.45, 2.75) is 5.88 Å². The first-order valence-electron chi connectivity index (χ1n) is 4.45. The van der Waals surface area contributed by atoms with Crippen LogP contribution in [0.5, 0.6) is 0 Å². The first-order valence-corrected chi connectivity index (χ1v) is 5.36. The minimum absolute atomic E-state index is 0.0158. The zero-order valence-corrected chi connectivity index (χ0v) is 9.77. The molecule has 0 aliphatic heterocycles. The molecule has 0 aliphatic rings. The third kappa shape index (κ3) is 2.22. The summed E-state index contributed by atoms with van der Waals surface area (Å²) in [5, 5.41) is 18.3. The highest BCUT2D eigenvalue weighted by molar-refractivity contribution is 6.33. The van der Waals surface area contributed by atoms with Crippen LogP contribution in [0.2, 0.25) is 5.02 Å². The Hall–Kier alpha value is -1.66. The van der Waals surface area contributed by atoms with Crippen molar-refractivity contribution in [2.75, 3.05) is 0 Å². The van der Waals surface area contributed by atoms with Gasteiger partial charge in [0, 0.05) is 6.07 Å². The van der Waals surface area contributed by atoms with Gasteiger partial charge < -0.3 is 4.42 Å². The molecule has 8 heteroatoms. The number of rotatable bonds is 3. The van der Waals surface area contributed by atoms with Crippen LogP contribution in [0.3, 0.4) is 0 Å². The van der Waals surface area contributed by atoms with E-state index in [9.17, 15) is 10.1 Å². The zero-order valence-electron chi connectivity index (χ0n) is 8.26. The molecule has 1 aromatic heterocycles. The molecule has 0 saturated carbocycles. The minimum Gasteiger partial charge on any atom is -0.419 e. The minimum atomic E-state index is -0.564. The Kier molecular flexibility index (Phi) is 3.26. The van der Waals surface area contributed by atoms with Crippen molar-refractivity contribution in [1.29, 1.82) is 0 Å². The van der Waals surface area contributed by atoms with E-state index in [1.54, 1.807) is 0 Å². The van der Waals surface area contributed by atoms with Crippen molar-refractivity contribution in [1.82, 2.24) is 10.2 Å². The van der Waals surface area contributed by atoms with Crippen LogP contribution in [0.15, 0.2) is 22.6 Å². The first kappa shape index (κ1) is 11.8. The maximum absolute atomic E-state index is 10.9. The molecule has 0 fully saturated rings. The summed E-state index contributed by atoms with van der Waals surface area (Å²) in [4.78, 5) is 10.3. The van der Waals surface area contributed by atoms with Gasteiger partial charge in [0.05, 0.1) is 9.95 Å². The van der Waals surface area contributed by atoms with Gasteiger partial charge in [-0.2, -0.15) is 0 Å². The van der Waals surface area contributed by atoms with Crippen LogP contribution < -0.4 is 0 Å². The summed E-state index contributed by atoms with van der Waals surface area (Å²) in [6.45, 7) is 0. The van der Waals surface area contributed by atoms with Crippen molar-refractivity contribution >= 4 is 28.9 Å². The maximum atomic E-state index is 10.9. The fourth-order valence-corrected chi connectivity index (χ4v) is 1.64. The first-order chi connectivity index (χ1) is 8.13. The Balaban J connectivity index is 2.61. The smallest absolute Gasteiger partial charge is 0.283 e. The van der Waals surface area contributed by atoms with E-state index >= 15 is 0 Å². The van der Waals surface area contributed by atoms with E-state index < -0.39 is 4.92 Å². The van der Waals surface area contributed by atoms with Crippen LogP contribution in [0.1, 0.15) is 5.89 Å². The quantitative estimate of drug-likeness (QED) is 0.488. The maximum Gasteiger partial charge on any atom is 0.283 e. The number of nitrogens with zero attached hydrogens (tertiary/aromatic N) is 3. The number of halogens is 2. The molecule has 0 amide bonds. The van der Waals surface area contributed by atoms with Crippen LogP contribution in [-0.4, -0.2) is 15.1 Å². The van der Waals surface area contributed by atoms with E-state index in [0.717, 1.165) is 0 Å². The average molecular weight is 274 g/mol. The number of alkyl halides is 1. The largest absolute Gasteiger partial charge is 0.419 e. The molecule has 0 aliphatic carbocycles. The summed E-state index contributed by atoms with van der Waals surface area (Å²) in [7, 11) is 0. The third-order valence-electron chi connectivity index (χ3n) is 1.98. The summed E-state index contributed by atoms with van der Waals surface area (Å²) < 4.78 is 5.15. The van der Waals surface area contributed by atoms with Crippen molar-refractivity contribution < 1.29 is 9.34 Å². The van der Waals surface area contributed by atoms with Crippen LogP contribution in [0, 0.1) is 10.1 Å². The van der Waals surface area contributed by atoms with E-state index in [1.165, 1.54) is 18.2 Å². The Labute approximate surface area is 105 Å². The van der Waals surface area contributed by atoms with Crippen molar-refractivity contribution in [3.63, 3.8) is 0 Å². The number of aromatic nitrogens is 2. The molecule has 17 heavy (non-hydrogen) atoms. The van der Waals surface area contributed by atoms with Gasteiger partial charge in [0.2, 0.25) is 5.89 Å². The molecular formula is C9H5Cl2N3O3. The second-order valence-corrected chi connectivity index (χ2v) is 3.70. The van der Waals surface area contributed by atoms with Crippen LogP contribution in [0.4, 0.5) is 5.69 Å². The topological polar surface area (TPSA) is 82.1 Å². The standard InChI is InChI=1S/C9H5Cl2N3O3/c10-4-7-12-13-9(17-7)8-5(11)2-1-3-6(8)14(15)16/h1-3H,4H2. The Morgan fingerprint density at radius 3 is 2.76 bits per heavy atom. The molecule has 0 saturated heterocycles. The van der Waals surface area contributed by atoms with Gasteiger partial charge in [-0.05, 0) is 6.07 Å². The molecule has 6 nitrogen and oxygen atoms in total. The number of nitro groups is 1. The highest BCUT2D eigenvalue weighted by Gasteiger charge is 2.23. The SMILES string of the molecule is O=[N+]([O-])c1cccc(Cl)c1-c1nnc(CCl)o1. The fraction of sp³-hybridized carbons (Fsp3) is 0.111. The molecular weight excluding hydrogens is 269 g/mol. The van der Waals surface area contributed by atoms with Gasteiger partial charge in [0.1, 0.15) is 11.4 Å². The van der Waals surface area contributed by atoms with Crippen molar-refractivity contribution in [3.05, 3.63) is 39.2 Å². The lowest BCUT2D eigenvalue weighted by molar-refractivity contribution is -0.384. The fourth-order valence-electron chi connectivity index (χ4n) is 1.29. The van der Waals surface area contributed by atoms with Crippen LogP contribution >= 0.6 is 23.2 Å². The van der Waals surface area contributed by atoms with Gasteiger partial charge in [-0.15, -0.1) is 21.8 Å². The molecule has 2 aromatic rings. The summed E-state index contributed by atoms with van der Waals surface area (Å²) in [5.41, 5.74) is -0.0923. The summed E-state index contributed by atoms with van der Waals surface area (Å²) >= 11 is 11.4. The summed E-state index contributed by atoms with van der Waals surface area (Å²) in [5.74, 6) is 0.194. The molecule has 0 N–H and O–H groups in total. The van der Waals surface area contributed by atoms with E-state index in [0.29, 0.717) is 0 Å². The van der Waals surface area contributed by atoms with Crippen LogP contribution in [-0.2, 0) is 5.88 Å². The summed E-state index contributed by atoms with van der Waals surface area (Å²) in [6.07, 6.45) is 0. The molecule has 88 valence electrons. The second-order valence-electron chi connectivity index (χ2n) is 3.03. The molecule has 0 atom stereocenters. The molecule has 1 aromatic carbocycles. The second kappa shape index (κ2) is 4.68. The highest BCUT2D eigenvalue weighted by atomic mass is 35.5. The third-order valence-corrected chi connectivity index (χ3v) is 2.53. The molecule has 2 rings (SSSR count). The van der Waals surface area contributed by atoms with Gasteiger partial charge in [-0.25, -0.2) is 0 Å². The van der Waals surface area contributed by atoms with Gasteiger partial charge in [0.15, 0.2) is 0 Å². The predicted molar refractivity (Wildman–Crippen MR) is 61.0 cm³/mol. The molecule has 0 spiro atoms. The van der Waals surface area contributed by atoms with Gasteiger partial charge in [0.25, 0.3) is 11.6 Å². The van der Waals surface area contributed by atoms with E-state index in [1.807, 2.05) is 0 Å². The Bertz CT molecular complexity index is 570. The number of benzene rings is 1. The number of nitro benzene ring substituents is 1. The molecule has 1 heterocycles. The highest BCUT2D eigenvalue weighted by Crippen LogP contribution is 2.35. The lowest BCUT2D eigenvalue weighted by Gasteiger charge is -1.99. The Morgan fingerprint density at radius 1 is 1.41 bits per heavy atom. The predicted octanol–water partition coefficient (Wildman–Crippen LogP) is 3.04. The van der Waals surface area contributed by atoms with Crippen LogP contribution in [0.25, 0.3) is 11.5 Å². The zero-order chi connectivity index (χ0) is 12.4. The van der Waals surface area contributed by atoms with E-state index in [2.05, 4.69) is 10.2 Å². The Morgan fingerprint density at radius 2 is 2.18 bits per heavy atom. The number of hydrogen-bond donors (Lipinski definition) is 0. The average Bonchev–Trinajstić information content (AvgIpc) is 2.76. The lowest BCUT2D eigenvalue weighted by atomic mass is 10.2. The normalized spacial score (nSPS) is 10.5. The van der Waals surface area contributed by atoms with Gasteiger partial charge >= 0.3 is 0 Å². The van der Waals surface area contributed by atoms with Crippen molar-refractivity contribution in [3.8, 4) is 11.5 Å². The molecule has 0 unspecified atom stereocenters. The van der Waals surface area contributed by atoms with Gasteiger partial charge in [-0.3, -0.25) is 10.1 Å². The van der Waals surface area contributed by atoms with E-state index in [4.69, 9.17) is 27.6 Å². The summed E-state index contributed by atoms with van der Waals surface area (Å²) in [6, 6.07) is 4.29. The van der Waals surface area contributed by atoms with E-state index in [-0.39, 0.29) is 33.9 Å². The van der Waals surface area contributed by atoms with Crippen molar-refractivity contribution in [2.24, 2.45) is 0 Å². The number of hydrogen-bond acceptors (Lipinski definition) is 5. The molecule has 0 bridgehead atoms. The van der Waals surface area contributed by atoms with Gasteiger partial charge in [-0.1, -0.05) is 17.7 Å².